The SMILES string of the molecule is CNC(Cc1ccccc1)c1sccc1Cl. The highest BCUT2D eigenvalue weighted by Gasteiger charge is 2.14. The van der Waals surface area contributed by atoms with Crippen molar-refractivity contribution >= 4 is 22.9 Å². The average molecular weight is 252 g/mol. The molecule has 0 amide bonds. The molecule has 1 N–H and O–H groups in total. The normalized spacial score (nSPS) is 12.6. The van der Waals surface area contributed by atoms with E-state index >= 15 is 0 Å². The van der Waals surface area contributed by atoms with Gasteiger partial charge in [0, 0.05) is 10.9 Å². The third-order valence-electron chi connectivity index (χ3n) is 2.59. The van der Waals surface area contributed by atoms with Crippen LogP contribution in [0.4, 0.5) is 0 Å². The number of rotatable bonds is 4. The maximum atomic E-state index is 6.15. The van der Waals surface area contributed by atoms with Crippen LogP contribution < -0.4 is 5.32 Å². The minimum Gasteiger partial charge on any atom is -0.312 e. The van der Waals surface area contributed by atoms with Gasteiger partial charge in [-0.05, 0) is 30.5 Å². The zero-order valence-corrected chi connectivity index (χ0v) is 10.7. The molecule has 2 rings (SSSR count). The van der Waals surface area contributed by atoms with Crippen molar-refractivity contribution in [1.29, 1.82) is 0 Å². The van der Waals surface area contributed by atoms with Crippen LogP contribution in [0.3, 0.4) is 0 Å². The molecule has 0 fully saturated rings. The Morgan fingerprint density at radius 3 is 2.56 bits per heavy atom. The fraction of sp³-hybridized carbons (Fsp3) is 0.231. The highest BCUT2D eigenvalue weighted by atomic mass is 35.5. The Bertz CT molecular complexity index is 438. The van der Waals surface area contributed by atoms with Crippen LogP contribution in [0.15, 0.2) is 41.8 Å². The van der Waals surface area contributed by atoms with Crippen molar-refractivity contribution in [2.24, 2.45) is 0 Å². The lowest BCUT2D eigenvalue weighted by Crippen LogP contribution is -2.17. The molecule has 0 spiro atoms. The Labute approximate surface area is 105 Å². The van der Waals surface area contributed by atoms with Crippen LogP contribution in [0.1, 0.15) is 16.5 Å². The van der Waals surface area contributed by atoms with E-state index in [0.717, 1.165) is 11.4 Å². The van der Waals surface area contributed by atoms with Gasteiger partial charge in [0.15, 0.2) is 0 Å². The Balaban J connectivity index is 2.16. The molecule has 1 aromatic heterocycles. The molecule has 3 heteroatoms. The van der Waals surface area contributed by atoms with Crippen molar-refractivity contribution < 1.29 is 0 Å². The Hall–Kier alpha value is -0.830. The molecule has 16 heavy (non-hydrogen) atoms. The molecular formula is C13H14ClNS. The van der Waals surface area contributed by atoms with Crippen LogP contribution in [0.5, 0.6) is 0 Å². The van der Waals surface area contributed by atoms with Crippen LogP contribution in [0.25, 0.3) is 0 Å². The Morgan fingerprint density at radius 1 is 1.25 bits per heavy atom. The van der Waals surface area contributed by atoms with Crippen molar-refractivity contribution in [2.75, 3.05) is 7.05 Å². The summed E-state index contributed by atoms with van der Waals surface area (Å²) in [6.07, 6.45) is 0.970. The maximum absolute atomic E-state index is 6.15. The molecule has 0 aliphatic rings. The molecule has 0 saturated carbocycles. The van der Waals surface area contributed by atoms with Crippen LogP contribution >= 0.6 is 22.9 Å². The van der Waals surface area contributed by atoms with Crippen molar-refractivity contribution in [3.63, 3.8) is 0 Å². The van der Waals surface area contributed by atoms with Gasteiger partial charge in [-0.1, -0.05) is 41.9 Å². The third kappa shape index (κ3) is 2.64. The van der Waals surface area contributed by atoms with Gasteiger partial charge in [0.25, 0.3) is 0 Å². The van der Waals surface area contributed by atoms with E-state index < -0.39 is 0 Å². The number of hydrogen-bond acceptors (Lipinski definition) is 2. The minimum atomic E-state index is 0.301. The molecule has 0 aliphatic heterocycles. The summed E-state index contributed by atoms with van der Waals surface area (Å²) in [5.41, 5.74) is 1.33. The summed E-state index contributed by atoms with van der Waals surface area (Å²) in [6.45, 7) is 0. The van der Waals surface area contributed by atoms with E-state index in [0.29, 0.717) is 6.04 Å². The molecular weight excluding hydrogens is 238 g/mol. The molecule has 0 radical (unpaired) electrons. The first kappa shape index (κ1) is 11.6. The van der Waals surface area contributed by atoms with Crippen molar-refractivity contribution in [3.05, 3.63) is 57.2 Å². The first-order valence-corrected chi connectivity index (χ1v) is 6.51. The molecule has 1 aromatic carbocycles. The molecule has 1 unspecified atom stereocenters. The summed E-state index contributed by atoms with van der Waals surface area (Å²) in [5, 5.41) is 6.22. The van der Waals surface area contributed by atoms with Gasteiger partial charge in [-0.2, -0.15) is 0 Å². The third-order valence-corrected chi connectivity index (χ3v) is 4.06. The van der Waals surface area contributed by atoms with E-state index in [1.807, 2.05) is 24.6 Å². The number of benzene rings is 1. The number of halogens is 1. The first-order chi connectivity index (χ1) is 7.81. The van der Waals surface area contributed by atoms with E-state index in [1.165, 1.54) is 10.4 Å². The number of likely N-dealkylation sites (N-methyl/N-ethyl adjacent to an activating group) is 1. The molecule has 84 valence electrons. The van der Waals surface area contributed by atoms with Gasteiger partial charge in [-0.25, -0.2) is 0 Å². The zero-order chi connectivity index (χ0) is 11.4. The molecule has 0 saturated heterocycles. The van der Waals surface area contributed by atoms with Gasteiger partial charge in [0.1, 0.15) is 0 Å². The minimum absolute atomic E-state index is 0.301. The summed E-state index contributed by atoms with van der Waals surface area (Å²) < 4.78 is 0. The summed E-state index contributed by atoms with van der Waals surface area (Å²) in [6, 6.07) is 12.7. The Kier molecular flexibility index (Phi) is 3.99. The predicted molar refractivity (Wildman–Crippen MR) is 71.3 cm³/mol. The molecule has 2 aromatic rings. The molecule has 1 heterocycles. The second kappa shape index (κ2) is 5.48. The second-order valence-electron chi connectivity index (χ2n) is 3.66. The predicted octanol–water partition coefficient (Wildman–Crippen LogP) is 3.90. The van der Waals surface area contributed by atoms with E-state index in [1.54, 1.807) is 11.3 Å². The van der Waals surface area contributed by atoms with E-state index in [2.05, 4.69) is 29.6 Å². The fourth-order valence-corrected chi connectivity index (χ4v) is 3.03. The van der Waals surface area contributed by atoms with Gasteiger partial charge < -0.3 is 5.32 Å². The lowest BCUT2D eigenvalue weighted by molar-refractivity contribution is 0.602. The van der Waals surface area contributed by atoms with Gasteiger partial charge in [0.2, 0.25) is 0 Å². The van der Waals surface area contributed by atoms with Crippen LogP contribution in [0.2, 0.25) is 5.02 Å². The summed E-state index contributed by atoms with van der Waals surface area (Å²) in [7, 11) is 1.98. The summed E-state index contributed by atoms with van der Waals surface area (Å²) >= 11 is 7.86. The van der Waals surface area contributed by atoms with E-state index in [4.69, 9.17) is 11.6 Å². The van der Waals surface area contributed by atoms with Crippen molar-refractivity contribution in [3.8, 4) is 0 Å². The van der Waals surface area contributed by atoms with Gasteiger partial charge >= 0.3 is 0 Å². The van der Waals surface area contributed by atoms with Crippen molar-refractivity contribution in [2.45, 2.75) is 12.5 Å². The molecule has 1 atom stereocenters. The Morgan fingerprint density at radius 2 is 2.00 bits per heavy atom. The number of nitrogens with one attached hydrogen (secondary N) is 1. The van der Waals surface area contributed by atoms with Crippen LogP contribution in [0, 0.1) is 0 Å². The van der Waals surface area contributed by atoms with Crippen LogP contribution in [-0.4, -0.2) is 7.05 Å². The monoisotopic (exact) mass is 251 g/mol. The smallest absolute Gasteiger partial charge is 0.0561 e. The number of hydrogen-bond donors (Lipinski definition) is 1. The largest absolute Gasteiger partial charge is 0.312 e. The van der Waals surface area contributed by atoms with Gasteiger partial charge in [0.05, 0.1) is 5.02 Å². The molecule has 0 bridgehead atoms. The topological polar surface area (TPSA) is 12.0 Å². The second-order valence-corrected chi connectivity index (χ2v) is 5.02. The quantitative estimate of drug-likeness (QED) is 0.869. The van der Waals surface area contributed by atoms with Gasteiger partial charge in [-0.15, -0.1) is 11.3 Å². The highest BCUT2D eigenvalue weighted by Crippen LogP contribution is 2.30. The lowest BCUT2D eigenvalue weighted by atomic mass is 10.1. The standard InChI is InChI=1S/C13H14ClNS/c1-15-12(13-11(14)7-8-16-13)9-10-5-3-2-4-6-10/h2-8,12,15H,9H2,1H3. The fourth-order valence-electron chi connectivity index (χ4n) is 1.73. The molecule has 0 aliphatic carbocycles. The number of thiophene rings is 1. The van der Waals surface area contributed by atoms with Crippen LogP contribution in [-0.2, 0) is 6.42 Å². The first-order valence-electron chi connectivity index (χ1n) is 5.25. The maximum Gasteiger partial charge on any atom is 0.0561 e. The summed E-state index contributed by atoms with van der Waals surface area (Å²) in [4.78, 5) is 1.22. The summed E-state index contributed by atoms with van der Waals surface area (Å²) in [5.74, 6) is 0. The molecule has 1 nitrogen and oxygen atoms in total. The lowest BCUT2D eigenvalue weighted by Gasteiger charge is -2.15. The average Bonchev–Trinajstić information content (AvgIpc) is 2.74. The van der Waals surface area contributed by atoms with E-state index in [-0.39, 0.29) is 0 Å². The zero-order valence-electron chi connectivity index (χ0n) is 9.11. The van der Waals surface area contributed by atoms with Crippen molar-refractivity contribution in [1.82, 2.24) is 5.32 Å². The van der Waals surface area contributed by atoms with Gasteiger partial charge in [-0.3, -0.25) is 0 Å². The highest BCUT2D eigenvalue weighted by molar-refractivity contribution is 7.10. The van der Waals surface area contributed by atoms with E-state index in [9.17, 15) is 0 Å².